The number of phenols is 1. The monoisotopic (exact) mass is 322 g/mol. The van der Waals surface area contributed by atoms with E-state index in [0.717, 1.165) is 16.3 Å². The maximum absolute atomic E-state index is 11.1. The highest BCUT2D eigenvalue weighted by Crippen LogP contribution is 2.38. The summed E-state index contributed by atoms with van der Waals surface area (Å²) < 4.78 is 0. The van der Waals surface area contributed by atoms with E-state index in [4.69, 9.17) is 5.73 Å². The van der Waals surface area contributed by atoms with Gasteiger partial charge in [-0.3, -0.25) is 10.1 Å². The third-order valence-corrected chi connectivity index (χ3v) is 3.58. The number of benzene rings is 3. The minimum atomic E-state index is -0.572. The minimum absolute atomic E-state index is 0.0463. The van der Waals surface area contributed by atoms with Crippen molar-refractivity contribution >= 4 is 33.5 Å². The number of hydrogen-bond donors (Lipinski definition) is 2. The van der Waals surface area contributed by atoms with Crippen LogP contribution >= 0.6 is 0 Å². The van der Waals surface area contributed by atoms with Gasteiger partial charge in [-0.15, -0.1) is 10.2 Å². The van der Waals surface area contributed by atoms with E-state index in [9.17, 15) is 15.2 Å². The Morgan fingerprint density at radius 3 is 2.58 bits per heavy atom. The average molecular weight is 322 g/mol. The largest absolute Gasteiger partial charge is 0.506 e. The van der Waals surface area contributed by atoms with E-state index in [1.165, 1.54) is 24.3 Å². The van der Waals surface area contributed by atoms with Gasteiger partial charge in [-0.05, 0) is 36.6 Å². The van der Waals surface area contributed by atoms with Crippen LogP contribution in [0.15, 0.2) is 58.8 Å². The number of nitro groups is 1. The Kier molecular flexibility index (Phi) is 3.83. The van der Waals surface area contributed by atoms with E-state index >= 15 is 0 Å². The Hall–Kier alpha value is -3.48. The van der Waals surface area contributed by atoms with Crippen molar-refractivity contribution in [3.63, 3.8) is 0 Å². The molecule has 3 aromatic rings. The highest BCUT2D eigenvalue weighted by Gasteiger charge is 2.14. The second-order valence-electron chi connectivity index (χ2n) is 5.36. The quantitative estimate of drug-likeness (QED) is 0.313. The lowest BCUT2D eigenvalue weighted by Gasteiger charge is -2.05. The third-order valence-electron chi connectivity index (χ3n) is 3.58. The molecule has 3 aromatic carbocycles. The molecule has 120 valence electrons. The van der Waals surface area contributed by atoms with Crippen molar-refractivity contribution in [2.75, 3.05) is 5.73 Å². The molecule has 0 aliphatic heterocycles. The maximum Gasteiger partial charge on any atom is 0.298 e. The zero-order chi connectivity index (χ0) is 17.3. The Morgan fingerprint density at radius 1 is 1.08 bits per heavy atom. The molecule has 3 rings (SSSR count). The summed E-state index contributed by atoms with van der Waals surface area (Å²) in [5.41, 5.74) is 6.93. The predicted octanol–water partition coefficient (Wildman–Crippen LogP) is 4.76. The summed E-state index contributed by atoms with van der Waals surface area (Å²) in [4.78, 5) is 10.5. The third kappa shape index (κ3) is 2.87. The molecule has 24 heavy (non-hydrogen) atoms. The molecular weight excluding hydrogens is 308 g/mol. The molecule has 0 fully saturated rings. The first-order chi connectivity index (χ1) is 11.5. The van der Waals surface area contributed by atoms with E-state index in [2.05, 4.69) is 10.2 Å². The number of anilines is 1. The number of phenolic OH excluding ortho intramolecular Hbond substituents is 1. The van der Waals surface area contributed by atoms with Crippen LogP contribution in [0.2, 0.25) is 0 Å². The van der Waals surface area contributed by atoms with Crippen LogP contribution in [0.3, 0.4) is 0 Å². The second-order valence-corrected chi connectivity index (χ2v) is 5.36. The van der Waals surface area contributed by atoms with E-state index in [1.54, 1.807) is 6.07 Å². The molecule has 0 atom stereocenters. The van der Waals surface area contributed by atoms with Gasteiger partial charge in [0.1, 0.15) is 11.4 Å². The fraction of sp³-hybridized carbons (Fsp3) is 0.0588. The minimum Gasteiger partial charge on any atom is -0.506 e. The number of nitrogens with two attached hydrogens (primary N) is 1. The number of rotatable bonds is 3. The van der Waals surface area contributed by atoms with Crippen molar-refractivity contribution in [3.8, 4) is 5.75 Å². The molecule has 3 N–H and O–H groups in total. The van der Waals surface area contributed by atoms with Gasteiger partial charge >= 0.3 is 0 Å². The van der Waals surface area contributed by atoms with Crippen molar-refractivity contribution in [1.29, 1.82) is 0 Å². The van der Waals surface area contributed by atoms with Crippen LogP contribution in [0.5, 0.6) is 5.75 Å². The van der Waals surface area contributed by atoms with Crippen molar-refractivity contribution in [3.05, 3.63) is 64.2 Å². The smallest absolute Gasteiger partial charge is 0.298 e. The van der Waals surface area contributed by atoms with E-state index < -0.39 is 4.92 Å². The van der Waals surface area contributed by atoms with Gasteiger partial charge in [-0.25, -0.2) is 0 Å². The average Bonchev–Trinajstić information content (AvgIpc) is 2.54. The SMILES string of the molecule is Cc1ccc2ccc(O)c(N=Nc3ccc(N)cc3[N+](=O)[O-])c2c1. The molecule has 7 nitrogen and oxygen atoms in total. The summed E-state index contributed by atoms with van der Waals surface area (Å²) in [7, 11) is 0. The van der Waals surface area contributed by atoms with E-state index in [1.807, 2.05) is 25.1 Å². The standard InChI is InChI=1S/C17H14N4O3/c1-10-2-3-11-4-7-16(22)17(13(11)8-10)20-19-14-6-5-12(18)9-15(14)21(23)24/h2-9,22H,18H2,1H3. The van der Waals surface area contributed by atoms with Gasteiger partial charge in [0.15, 0.2) is 5.69 Å². The molecular formula is C17H14N4O3. The van der Waals surface area contributed by atoms with Crippen molar-refractivity contribution < 1.29 is 10.0 Å². The topological polar surface area (TPSA) is 114 Å². The fourth-order valence-corrected chi connectivity index (χ4v) is 2.39. The Labute approximate surface area is 137 Å². The van der Waals surface area contributed by atoms with Crippen molar-refractivity contribution in [2.24, 2.45) is 10.2 Å². The molecule has 0 aliphatic rings. The second kappa shape index (κ2) is 5.96. The molecule has 0 saturated heterocycles. The Balaban J connectivity index is 2.14. The molecule has 0 unspecified atom stereocenters. The molecule has 0 radical (unpaired) electrons. The Morgan fingerprint density at radius 2 is 1.83 bits per heavy atom. The number of nitrogen functional groups attached to an aromatic ring is 1. The first-order valence-electron chi connectivity index (χ1n) is 7.14. The first-order valence-corrected chi connectivity index (χ1v) is 7.14. The van der Waals surface area contributed by atoms with Crippen molar-refractivity contribution in [2.45, 2.75) is 6.92 Å². The van der Waals surface area contributed by atoms with Gasteiger partial charge in [0, 0.05) is 17.1 Å². The summed E-state index contributed by atoms with van der Waals surface area (Å²) in [6.07, 6.45) is 0. The highest BCUT2D eigenvalue weighted by atomic mass is 16.6. The summed E-state index contributed by atoms with van der Waals surface area (Å²) in [5, 5.41) is 30.8. The van der Waals surface area contributed by atoms with Crippen molar-refractivity contribution in [1.82, 2.24) is 0 Å². The number of nitrogens with zero attached hydrogens (tertiary/aromatic N) is 3. The van der Waals surface area contributed by atoms with Gasteiger partial charge in [0.25, 0.3) is 5.69 Å². The molecule has 0 aliphatic carbocycles. The van der Waals surface area contributed by atoms with Crippen LogP contribution in [0.25, 0.3) is 10.8 Å². The highest BCUT2D eigenvalue weighted by molar-refractivity contribution is 5.95. The summed E-state index contributed by atoms with van der Waals surface area (Å²) >= 11 is 0. The maximum atomic E-state index is 11.1. The fourth-order valence-electron chi connectivity index (χ4n) is 2.39. The lowest BCUT2D eigenvalue weighted by atomic mass is 10.1. The molecule has 0 saturated carbocycles. The Bertz CT molecular complexity index is 978. The number of aryl methyl sites for hydroxylation is 1. The molecule has 0 bridgehead atoms. The summed E-state index contributed by atoms with van der Waals surface area (Å²) in [6, 6.07) is 13.2. The molecule has 0 heterocycles. The molecule has 0 amide bonds. The summed E-state index contributed by atoms with van der Waals surface area (Å²) in [6.45, 7) is 1.93. The van der Waals surface area contributed by atoms with Crippen LogP contribution in [-0.4, -0.2) is 10.0 Å². The summed E-state index contributed by atoms with van der Waals surface area (Å²) in [5.74, 6) is -0.0463. The molecule has 7 heteroatoms. The predicted molar refractivity (Wildman–Crippen MR) is 92.0 cm³/mol. The van der Waals surface area contributed by atoms with Crippen LogP contribution in [0.4, 0.5) is 22.7 Å². The van der Waals surface area contributed by atoms with Gasteiger partial charge < -0.3 is 10.8 Å². The normalized spacial score (nSPS) is 11.2. The van der Waals surface area contributed by atoms with Gasteiger partial charge in [-0.2, -0.15) is 0 Å². The van der Waals surface area contributed by atoms with Gasteiger partial charge in [0.05, 0.1) is 4.92 Å². The van der Waals surface area contributed by atoms with Crippen LogP contribution in [0, 0.1) is 17.0 Å². The number of azo groups is 1. The zero-order valence-electron chi connectivity index (χ0n) is 12.8. The van der Waals surface area contributed by atoms with E-state index in [-0.39, 0.29) is 28.5 Å². The number of nitro benzene ring substituents is 1. The first kappa shape index (κ1) is 15.4. The lowest BCUT2D eigenvalue weighted by molar-refractivity contribution is -0.384. The molecule has 0 spiro atoms. The lowest BCUT2D eigenvalue weighted by Crippen LogP contribution is -1.91. The zero-order valence-corrected chi connectivity index (χ0v) is 12.8. The van der Waals surface area contributed by atoms with E-state index in [0.29, 0.717) is 0 Å². The van der Waals surface area contributed by atoms with Crippen LogP contribution < -0.4 is 5.73 Å². The van der Waals surface area contributed by atoms with Crippen LogP contribution in [0.1, 0.15) is 5.56 Å². The van der Waals surface area contributed by atoms with Gasteiger partial charge in [-0.1, -0.05) is 23.8 Å². The number of fused-ring (bicyclic) bond motifs is 1. The number of hydrogen-bond acceptors (Lipinski definition) is 6. The van der Waals surface area contributed by atoms with Crippen LogP contribution in [-0.2, 0) is 0 Å². The number of aromatic hydroxyl groups is 1. The molecule has 0 aromatic heterocycles. The van der Waals surface area contributed by atoms with Gasteiger partial charge in [0.2, 0.25) is 0 Å².